The van der Waals surface area contributed by atoms with Crippen molar-refractivity contribution in [2.75, 3.05) is 5.32 Å². The van der Waals surface area contributed by atoms with Gasteiger partial charge in [0.1, 0.15) is 6.20 Å². The fourth-order valence-electron chi connectivity index (χ4n) is 2.15. The topological polar surface area (TPSA) is 72.5 Å². The summed E-state index contributed by atoms with van der Waals surface area (Å²) in [5, 5.41) is 16.1. The van der Waals surface area contributed by atoms with Crippen LogP contribution in [0.3, 0.4) is 0 Å². The van der Waals surface area contributed by atoms with Gasteiger partial charge < -0.3 is 15.4 Å². The first-order chi connectivity index (χ1) is 8.09. The number of rotatable bonds is 3. The Balaban J connectivity index is 2.05. The molecular formula is C10H12N4O2S. The lowest BCUT2D eigenvalue weighted by molar-refractivity contribution is -0.389. The fourth-order valence-corrected chi connectivity index (χ4v) is 2.86. The first-order valence-corrected chi connectivity index (χ1v) is 6.35. The van der Waals surface area contributed by atoms with Crippen LogP contribution in [-0.2, 0) is 0 Å². The Labute approximate surface area is 101 Å². The molecule has 1 fully saturated rings. The summed E-state index contributed by atoms with van der Waals surface area (Å²) in [7, 11) is 0. The van der Waals surface area contributed by atoms with E-state index in [1.807, 2.05) is 0 Å². The standard InChI is InChI=1S/C10H12N4O2S/c1-10(3-2-4-10)12-7-8(14(15)16)13-5-6-17-9(13)11-7/h5-6,12H,2-4H2,1H3. The average molecular weight is 252 g/mol. The van der Waals surface area contributed by atoms with Gasteiger partial charge in [-0.15, -0.1) is 0 Å². The molecule has 0 aromatic carbocycles. The molecule has 0 radical (unpaired) electrons. The van der Waals surface area contributed by atoms with E-state index < -0.39 is 0 Å². The van der Waals surface area contributed by atoms with Gasteiger partial charge in [-0.05, 0) is 31.1 Å². The van der Waals surface area contributed by atoms with E-state index in [0.717, 1.165) is 12.8 Å². The summed E-state index contributed by atoms with van der Waals surface area (Å²) in [5.74, 6) is 0.429. The van der Waals surface area contributed by atoms with Gasteiger partial charge in [-0.3, -0.25) is 0 Å². The Morgan fingerprint density at radius 2 is 2.41 bits per heavy atom. The number of thiazole rings is 1. The van der Waals surface area contributed by atoms with Crippen molar-refractivity contribution in [3.8, 4) is 0 Å². The molecule has 2 aromatic heterocycles. The lowest BCUT2D eigenvalue weighted by Gasteiger charge is -2.38. The van der Waals surface area contributed by atoms with E-state index in [2.05, 4.69) is 17.2 Å². The van der Waals surface area contributed by atoms with E-state index in [1.165, 1.54) is 22.2 Å². The minimum absolute atomic E-state index is 0.0329. The summed E-state index contributed by atoms with van der Waals surface area (Å²) in [5.41, 5.74) is -0.0329. The molecule has 0 unspecified atom stereocenters. The Hall–Kier alpha value is -1.63. The Morgan fingerprint density at radius 1 is 1.65 bits per heavy atom. The molecule has 2 heterocycles. The second-order valence-electron chi connectivity index (χ2n) is 4.64. The van der Waals surface area contributed by atoms with Crippen molar-refractivity contribution in [3.63, 3.8) is 0 Å². The van der Waals surface area contributed by atoms with Gasteiger partial charge in [0.2, 0.25) is 5.82 Å². The number of nitrogens with zero attached hydrogens (tertiary/aromatic N) is 3. The van der Waals surface area contributed by atoms with Crippen LogP contribution in [0.1, 0.15) is 26.2 Å². The fraction of sp³-hybridized carbons (Fsp3) is 0.500. The summed E-state index contributed by atoms with van der Waals surface area (Å²) in [6.07, 6.45) is 4.92. The van der Waals surface area contributed by atoms with E-state index in [-0.39, 0.29) is 16.3 Å². The van der Waals surface area contributed by atoms with Gasteiger partial charge in [0.15, 0.2) is 0 Å². The van der Waals surface area contributed by atoms with Crippen molar-refractivity contribution in [1.82, 2.24) is 9.38 Å². The van der Waals surface area contributed by atoms with Crippen molar-refractivity contribution in [1.29, 1.82) is 0 Å². The molecule has 1 aliphatic carbocycles. The zero-order chi connectivity index (χ0) is 12.0. The predicted octanol–water partition coefficient (Wildman–Crippen LogP) is 2.66. The molecule has 2 aromatic rings. The van der Waals surface area contributed by atoms with Gasteiger partial charge in [-0.1, -0.05) is 11.3 Å². The molecule has 0 spiro atoms. The highest BCUT2D eigenvalue weighted by Crippen LogP contribution is 2.37. The molecular weight excluding hydrogens is 240 g/mol. The number of hydrogen-bond donors (Lipinski definition) is 1. The highest BCUT2D eigenvalue weighted by molar-refractivity contribution is 7.15. The second-order valence-corrected chi connectivity index (χ2v) is 5.51. The Kier molecular flexibility index (Phi) is 2.12. The molecule has 0 amide bonds. The average Bonchev–Trinajstić information content (AvgIpc) is 2.73. The van der Waals surface area contributed by atoms with Crippen molar-refractivity contribution in [2.45, 2.75) is 31.7 Å². The van der Waals surface area contributed by atoms with E-state index in [0.29, 0.717) is 10.8 Å². The minimum Gasteiger partial charge on any atom is -0.358 e. The molecule has 1 aliphatic rings. The number of fused-ring (bicyclic) bond motifs is 1. The van der Waals surface area contributed by atoms with E-state index >= 15 is 0 Å². The van der Waals surface area contributed by atoms with E-state index in [9.17, 15) is 10.1 Å². The minimum atomic E-state index is -0.378. The van der Waals surface area contributed by atoms with Crippen molar-refractivity contribution in [3.05, 3.63) is 21.7 Å². The molecule has 3 rings (SSSR count). The lowest BCUT2D eigenvalue weighted by Crippen LogP contribution is -2.41. The third kappa shape index (κ3) is 1.57. The first kappa shape index (κ1) is 10.5. The normalized spacial score (nSPS) is 17.9. The monoisotopic (exact) mass is 252 g/mol. The summed E-state index contributed by atoms with van der Waals surface area (Å²) in [4.78, 5) is 15.7. The third-order valence-electron chi connectivity index (χ3n) is 3.29. The quantitative estimate of drug-likeness (QED) is 0.673. The van der Waals surface area contributed by atoms with Gasteiger partial charge in [0.25, 0.3) is 4.96 Å². The van der Waals surface area contributed by atoms with Crippen LogP contribution in [-0.4, -0.2) is 19.8 Å². The molecule has 7 heteroatoms. The molecule has 0 atom stereocenters. The molecule has 0 saturated heterocycles. The summed E-state index contributed by atoms with van der Waals surface area (Å²) in [6, 6.07) is 0. The Bertz CT molecular complexity index is 584. The van der Waals surface area contributed by atoms with Crippen LogP contribution >= 0.6 is 11.3 Å². The summed E-state index contributed by atoms with van der Waals surface area (Å²) < 4.78 is 1.52. The van der Waals surface area contributed by atoms with Gasteiger partial charge in [-0.2, -0.15) is 9.38 Å². The van der Waals surface area contributed by atoms with Crippen LogP contribution in [0.25, 0.3) is 4.96 Å². The molecule has 1 saturated carbocycles. The van der Waals surface area contributed by atoms with Gasteiger partial charge in [0.05, 0.1) is 0 Å². The summed E-state index contributed by atoms with van der Waals surface area (Å²) in [6.45, 7) is 2.08. The highest BCUT2D eigenvalue weighted by atomic mass is 32.1. The molecule has 17 heavy (non-hydrogen) atoms. The second kappa shape index (κ2) is 3.43. The van der Waals surface area contributed by atoms with Crippen LogP contribution in [0.2, 0.25) is 0 Å². The molecule has 0 aliphatic heterocycles. The number of imidazole rings is 1. The number of nitro groups is 1. The van der Waals surface area contributed by atoms with Gasteiger partial charge >= 0.3 is 5.82 Å². The van der Waals surface area contributed by atoms with Gasteiger partial charge in [-0.25, -0.2) is 0 Å². The molecule has 0 bridgehead atoms. The van der Waals surface area contributed by atoms with Crippen LogP contribution < -0.4 is 5.32 Å². The SMILES string of the molecule is CC1(Nc2nc3sccn3c2[N+](=O)[O-])CCC1. The maximum Gasteiger partial charge on any atom is 0.372 e. The van der Waals surface area contributed by atoms with Crippen molar-refractivity contribution < 1.29 is 4.92 Å². The highest BCUT2D eigenvalue weighted by Gasteiger charge is 2.35. The molecule has 1 N–H and O–H groups in total. The maximum atomic E-state index is 11.1. The van der Waals surface area contributed by atoms with Gasteiger partial charge in [0, 0.05) is 10.9 Å². The Morgan fingerprint density at radius 3 is 3.00 bits per heavy atom. The number of nitrogens with one attached hydrogen (secondary N) is 1. The molecule has 6 nitrogen and oxygen atoms in total. The smallest absolute Gasteiger partial charge is 0.358 e. The zero-order valence-electron chi connectivity index (χ0n) is 9.34. The van der Waals surface area contributed by atoms with Crippen molar-refractivity contribution >= 4 is 27.9 Å². The van der Waals surface area contributed by atoms with Crippen molar-refractivity contribution in [2.24, 2.45) is 0 Å². The predicted molar refractivity (Wildman–Crippen MR) is 65.6 cm³/mol. The van der Waals surface area contributed by atoms with Crippen LogP contribution in [0.5, 0.6) is 0 Å². The zero-order valence-corrected chi connectivity index (χ0v) is 10.2. The maximum absolute atomic E-state index is 11.1. The molecule has 90 valence electrons. The van der Waals surface area contributed by atoms with Crippen LogP contribution in [0.4, 0.5) is 11.6 Å². The van der Waals surface area contributed by atoms with Crippen LogP contribution in [0.15, 0.2) is 11.6 Å². The lowest BCUT2D eigenvalue weighted by atomic mass is 9.78. The number of hydrogen-bond acceptors (Lipinski definition) is 5. The third-order valence-corrected chi connectivity index (χ3v) is 4.04. The largest absolute Gasteiger partial charge is 0.372 e. The first-order valence-electron chi connectivity index (χ1n) is 5.47. The van der Waals surface area contributed by atoms with E-state index in [1.54, 1.807) is 11.6 Å². The van der Waals surface area contributed by atoms with Crippen LogP contribution in [0, 0.1) is 10.1 Å². The number of anilines is 1. The summed E-state index contributed by atoms with van der Waals surface area (Å²) >= 11 is 1.40. The van der Waals surface area contributed by atoms with E-state index in [4.69, 9.17) is 0 Å². The number of aromatic nitrogens is 2.